The lowest BCUT2D eigenvalue weighted by Crippen LogP contribution is -2.42. The summed E-state index contributed by atoms with van der Waals surface area (Å²) in [4.78, 5) is 17.8. The van der Waals surface area contributed by atoms with Gasteiger partial charge in [0, 0.05) is 33.9 Å². The van der Waals surface area contributed by atoms with Crippen LogP contribution in [0.25, 0.3) is 0 Å². The standard InChI is InChI=1S/C21H21BrN2O/c1-20(2)11-16-18(17(25)12-20)21(3,13-6-4-7-14(22)10-13)15-8-5-9-23-19(15)24-16/h4-10H,11-12H2,1-3H3,(H,23,24)/t21-/m0/s1. The Balaban J connectivity index is 2.02. The lowest BCUT2D eigenvalue weighted by atomic mass is 9.62. The molecule has 1 aromatic heterocycles. The molecule has 0 saturated carbocycles. The van der Waals surface area contributed by atoms with E-state index in [0.29, 0.717) is 6.42 Å². The van der Waals surface area contributed by atoms with Gasteiger partial charge < -0.3 is 5.32 Å². The van der Waals surface area contributed by atoms with Gasteiger partial charge in [0.15, 0.2) is 5.78 Å². The van der Waals surface area contributed by atoms with Gasteiger partial charge in [0.25, 0.3) is 0 Å². The van der Waals surface area contributed by atoms with E-state index in [1.807, 2.05) is 18.2 Å². The Morgan fingerprint density at radius 3 is 2.68 bits per heavy atom. The predicted octanol–water partition coefficient (Wildman–Crippen LogP) is 5.22. The number of benzene rings is 1. The molecule has 0 unspecified atom stereocenters. The molecule has 1 aromatic carbocycles. The molecular formula is C21H21BrN2O. The maximum absolute atomic E-state index is 13.2. The quantitative estimate of drug-likeness (QED) is 0.718. The highest BCUT2D eigenvalue weighted by Gasteiger charge is 2.47. The number of ketones is 1. The first-order valence-electron chi connectivity index (χ1n) is 8.57. The molecule has 2 aliphatic rings. The number of pyridine rings is 1. The Kier molecular flexibility index (Phi) is 3.66. The summed E-state index contributed by atoms with van der Waals surface area (Å²) in [6.45, 7) is 6.46. The molecule has 4 rings (SSSR count). The normalized spacial score (nSPS) is 24.4. The second kappa shape index (κ2) is 5.53. The van der Waals surface area contributed by atoms with Gasteiger partial charge in [-0.3, -0.25) is 4.79 Å². The number of nitrogens with one attached hydrogen (secondary N) is 1. The smallest absolute Gasteiger partial charge is 0.162 e. The van der Waals surface area contributed by atoms with Crippen LogP contribution >= 0.6 is 15.9 Å². The van der Waals surface area contributed by atoms with E-state index in [-0.39, 0.29) is 11.2 Å². The molecule has 0 spiro atoms. The number of anilines is 1. The van der Waals surface area contributed by atoms with E-state index in [1.54, 1.807) is 6.20 Å². The fourth-order valence-electron chi connectivity index (χ4n) is 4.29. The molecule has 1 aliphatic heterocycles. The van der Waals surface area contributed by atoms with E-state index in [1.165, 1.54) is 0 Å². The predicted molar refractivity (Wildman–Crippen MR) is 104 cm³/mol. The number of hydrogen-bond donors (Lipinski definition) is 1. The number of hydrogen-bond acceptors (Lipinski definition) is 3. The molecule has 2 aromatic rings. The van der Waals surface area contributed by atoms with Crippen molar-refractivity contribution < 1.29 is 4.79 Å². The number of rotatable bonds is 1. The van der Waals surface area contributed by atoms with Crippen LogP contribution in [0.15, 0.2) is 58.3 Å². The van der Waals surface area contributed by atoms with Crippen LogP contribution in [0.2, 0.25) is 0 Å². The summed E-state index contributed by atoms with van der Waals surface area (Å²) >= 11 is 3.58. The summed E-state index contributed by atoms with van der Waals surface area (Å²) in [5.41, 5.74) is 3.55. The third kappa shape index (κ3) is 2.54. The fraction of sp³-hybridized carbons (Fsp3) is 0.333. The fourth-order valence-corrected chi connectivity index (χ4v) is 4.69. The number of fused-ring (bicyclic) bond motifs is 1. The third-order valence-corrected chi connectivity index (χ3v) is 5.89. The van der Waals surface area contributed by atoms with Crippen LogP contribution in [0.3, 0.4) is 0 Å². The van der Waals surface area contributed by atoms with Gasteiger partial charge in [-0.2, -0.15) is 0 Å². The average Bonchev–Trinajstić information content (AvgIpc) is 2.53. The molecular weight excluding hydrogens is 376 g/mol. The Hall–Kier alpha value is -1.94. The van der Waals surface area contributed by atoms with Crippen LogP contribution in [0.5, 0.6) is 0 Å². The second-order valence-corrected chi connectivity index (χ2v) is 8.87. The zero-order valence-corrected chi connectivity index (χ0v) is 16.3. The van der Waals surface area contributed by atoms with Crippen molar-refractivity contribution in [3.05, 3.63) is 69.5 Å². The Bertz CT molecular complexity index is 916. The number of nitrogens with zero attached hydrogens (tertiary/aromatic N) is 1. The van der Waals surface area contributed by atoms with Crippen molar-refractivity contribution in [2.45, 2.75) is 39.0 Å². The number of halogens is 1. The minimum absolute atomic E-state index is 0.0343. The Labute approximate surface area is 156 Å². The Morgan fingerprint density at radius 1 is 1.12 bits per heavy atom. The van der Waals surface area contributed by atoms with Gasteiger partial charge in [0.2, 0.25) is 0 Å². The maximum atomic E-state index is 13.2. The monoisotopic (exact) mass is 396 g/mol. The van der Waals surface area contributed by atoms with Crippen molar-refractivity contribution in [1.29, 1.82) is 0 Å². The molecule has 25 heavy (non-hydrogen) atoms. The maximum Gasteiger partial charge on any atom is 0.162 e. The minimum atomic E-state index is -0.498. The molecule has 128 valence electrons. The van der Waals surface area contributed by atoms with E-state index >= 15 is 0 Å². The second-order valence-electron chi connectivity index (χ2n) is 7.95. The van der Waals surface area contributed by atoms with Crippen molar-refractivity contribution in [3.8, 4) is 0 Å². The van der Waals surface area contributed by atoms with E-state index in [0.717, 1.165) is 39.1 Å². The highest BCUT2D eigenvalue weighted by molar-refractivity contribution is 9.10. The van der Waals surface area contributed by atoms with Crippen LogP contribution in [0, 0.1) is 5.41 Å². The van der Waals surface area contributed by atoms with E-state index < -0.39 is 5.41 Å². The van der Waals surface area contributed by atoms with Gasteiger partial charge >= 0.3 is 0 Å². The summed E-state index contributed by atoms with van der Waals surface area (Å²) in [7, 11) is 0. The van der Waals surface area contributed by atoms with E-state index in [4.69, 9.17) is 0 Å². The number of carbonyl (C=O) groups is 1. The highest BCUT2D eigenvalue weighted by Crippen LogP contribution is 2.52. The highest BCUT2D eigenvalue weighted by atomic mass is 79.9. The first-order valence-corrected chi connectivity index (χ1v) is 9.36. The van der Waals surface area contributed by atoms with Crippen LogP contribution in [0.4, 0.5) is 5.82 Å². The van der Waals surface area contributed by atoms with Crippen molar-refractivity contribution in [1.82, 2.24) is 4.98 Å². The first kappa shape index (κ1) is 16.5. The van der Waals surface area contributed by atoms with Crippen molar-refractivity contribution >= 4 is 27.5 Å². The van der Waals surface area contributed by atoms with Crippen LogP contribution < -0.4 is 5.32 Å². The van der Waals surface area contributed by atoms with Gasteiger partial charge in [0.05, 0.1) is 5.41 Å². The number of Topliss-reactive ketones (excluding diaryl/α,β-unsaturated/α-hetero) is 1. The topological polar surface area (TPSA) is 42.0 Å². The molecule has 0 radical (unpaired) electrons. The van der Waals surface area contributed by atoms with Gasteiger partial charge in [-0.1, -0.05) is 48.0 Å². The third-order valence-electron chi connectivity index (χ3n) is 5.39. The van der Waals surface area contributed by atoms with Crippen LogP contribution in [-0.2, 0) is 10.2 Å². The zero-order valence-electron chi connectivity index (χ0n) is 14.7. The molecule has 0 saturated heterocycles. The van der Waals surface area contributed by atoms with Crippen molar-refractivity contribution in [2.75, 3.05) is 5.32 Å². The molecule has 1 atom stereocenters. The van der Waals surface area contributed by atoms with Gasteiger partial charge in [0.1, 0.15) is 5.82 Å². The number of carbonyl (C=O) groups excluding carboxylic acids is 1. The summed E-state index contributed by atoms with van der Waals surface area (Å²) in [5.74, 6) is 1.09. The van der Waals surface area contributed by atoms with E-state index in [2.05, 4.69) is 65.2 Å². The molecule has 1 N–H and O–H groups in total. The van der Waals surface area contributed by atoms with Gasteiger partial charge in [-0.25, -0.2) is 4.98 Å². The van der Waals surface area contributed by atoms with Gasteiger partial charge in [-0.05, 0) is 42.5 Å². The molecule has 0 bridgehead atoms. The Morgan fingerprint density at radius 2 is 1.92 bits per heavy atom. The van der Waals surface area contributed by atoms with Crippen molar-refractivity contribution in [2.24, 2.45) is 5.41 Å². The van der Waals surface area contributed by atoms with E-state index in [9.17, 15) is 4.79 Å². The average molecular weight is 397 g/mol. The number of aromatic nitrogens is 1. The molecule has 0 amide bonds. The largest absolute Gasteiger partial charge is 0.343 e. The lowest BCUT2D eigenvalue weighted by molar-refractivity contribution is -0.118. The van der Waals surface area contributed by atoms with Crippen LogP contribution in [0.1, 0.15) is 44.7 Å². The first-order chi connectivity index (χ1) is 11.8. The van der Waals surface area contributed by atoms with Gasteiger partial charge in [-0.15, -0.1) is 0 Å². The summed E-state index contributed by atoms with van der Waals surface area (Å²) in [5, 5.41) is 3.46. The summed E-state index contributed by atoms with van der Waals surface area (Å²) < 4.78 is 1.01. The SMILES string of the molecule is CC1(C)CC(=O)C2=C(C1)Nc1ncccc1[C@]2(C)c1cccc(Br)c1. The van der Waals surface area contributed by atoms with Crippen molar-refractivity contribution in [3.63, 3.8) is 0 Å². The zero-order chi connectivity index (χ0) is 17.8. The molecule has 3 nitrogen and oxygen atoms in total. The summed E-state index contributed by atoms with van der Waals surface area (Å²) in [6, 6.07) is 12.3. The minimum Gasteiger partial charge on any atom is -0.343 e. The lowest BCUT2D eigenvalue weighted by Gasteiger charge is -2.44. The molecule has 1 aliphatic carbocycles. The number of allylic oxidation sites excluding steroid dienone is 2. The van der Waals surface area contributed by atoms with Crippen LogP contribution in [-0.4, -0.2) is 10.8 Å². The molecule has 0 fully saturated rings. The molecule has 4 heteroatoms. The molecule has 2 heterocycles. The summed E-state index contributed by atoms with van der Waals surface area (Å²) in [6.07, 6.45) is 3.23.